The van der Waals surface area contributed by atoms with Gasteiger partial charge in [0.15, 0.2) is 0 Å². The zero-order valence-electron chi connectivity index (χ0n) is 14.2. The van der Waals surface area contributed by atoms with E-state index < -0.39 is 0 Å². The van der Waals surface area contributed by atoms with Crippen LogP contribution in [-0.2, 0) is 22.6 Å². The topological polar surface area (TPSA) is 26.6 Å². The maximum absolute atomic E-state index is 5.90. The van der Waals surface area contributed by atoms with E-state index in [1.807, 2.05) is 0 Å². The van der Waals surface area contributed by atoms with Crippen LogP contribution in [-0.4, -0.2) is 48.5 Å². The Labute approximate surface area is 139 Å². The largest absolute Gasteiger partial charge is 0.381 e. The molecule has 1 saturated carbocycles. The summed E-state index contributed by atoms with van der Waals surface area (Å²) in [6.45, 7) is 7.23. The number of hydrogen-bond acceptors (Lipinski definition) is 3. The summed E-state index contributed by atoms with van der Waals surface area (Å²) in [5.41, 5.74) is 1.47. The van der Waals surface area contributed by atoms with Gasteiger partial charge in [-0.25, -0.2) is 0 Å². The summed E-state index contributed by atoms with van der Waals surface area (Å²) in [6.07, 6.45) is 8.57. The first-order valence-electron chi connectivity index (χ1n) is 9.42. The molecular weight excluding hydrogens is 288 g/mol. The van der Waals surface area contributed by atoms with Gasteiger partial charge in [-0.15, -0.1) is 0 Å². The third-order valence-electron chi connectivity index (χ3n) is 5.66. The second-order valence-electron chi connectivity index (χ2n) is 7.60. The van der Waals surface area contributed by atoms with Crippen LogP contribution < -0.4 is 0 Å². The monoisotopic (exact) mass is 318 g/mol. The highest BCUT2D eigenvalue weighted by Crippen LogP contribution is 2.29. The molecule has 0 N–H and O–H groups in total. The summed E-state index contributed by atoms with van der Waals surface area (Å²) in [5, 5.41) is 0. The van der Waals surface area contributed by atoms with Gasteiger partial charge >= 0.3 is 0 Å². The van der Waals surface area contributed by atoms with Crippen molar-refractivity contribution in [1.82, 2.24) is 9.47 Å². The van der Waals surface area contributed by atoms with E-state index in [1.165, 1.54) is 44.3 Å². The van der Waals surface area contributed by atoms with Crippen molar-refractivity contribution < 1.29 is 9.47 Å². The molecule has 0 amide bonds. The van der Waals surface area contributed by atoms with Gasteiger partial charge in [0.25, 0.3) is 0 Å². The normalized spacial score (nSPS) is 26.9. The molecule has 2 aliphatic heterocycles. The molecule has 0 radical (unpaired) electrons. The average Bonchev–Trinajstić information content (AvgIpc) is 3.34. The predicted molar refractivity (Wildman–Crippen MR) is 90.3 cm³/mol. The lowest BCUT2D eigenvalue weighted by atomic mass is 10.0. The highest BCUT2D eigenvalue weighted by molar-refractivity contribution is 5.09. The molecule has 4 rings (SSSR count). The Hall–Kier alpha value is -0.840. The molecule has 3 heterocycles. The first kappa shape index (κ1) is 15.7. The van der Waals surface area contributed by atoms with Gasteiger partial charge in [0.05, 0.1) is 0 Å². The van der Waals surface area contributed by atoms with Crippen LogP contribution in [0.25, 0.3) is 0 Å². The number of fused-ring (bicyclic) bond motifs is 1. The van der Waals surface area contributed by atoms with E-state index in [9.17, 15) is 0 Å². The fourth-order valence-corrected chi connectivity index (χ4v) is 4.01. The maximum Gasteiger partial charge on any atom is 0.0494 e. The Kier molecular flexibility index (Phi) is 5.02. The van der Waals surface area contributed by atoms with Gasteiger partial charge in [0, 0.05) is 64.0 Å². The van der Waals surface area contributed by atoms with Crippen LogP contribution in [0.2, 0.25) is 0 Å². The molecule has 0 unspecified atom stereocenters. The van der Waals surface area contributed by atoms with E-state index in [0.717, 1.165) is 45.4 Å². The van der Waals surface area contributed by atoms with Gasteiger partial charge < -0.3 is 14.0 Å². The third kappa shape index (κ3) is 4.17. The maximum atomic E-state index is 5.90. The van der Waals surface area contributed by atoms with Crippen molar-refractivity contribution in [2.45, 2.75) is 51.2 Å². The Bertz CT molecular complexity index is 491. The van der Waals surface area contributed by atoms with E-state index >= 15 is 0 Å². The molecule has 0 aromatic carbocycles. The van der Waals surface area contributed by atoms with E-state index in [4.69, 9.17) is 9.47 Å². The summed E-state index contributed by atoms with van der Waals surface area (Å²) in [5.74, 6) is 1.57. The molecule has 4 nitrogen and oxygen atoms in total. The SMILES string of the molecule is c1cc2n(c1)C[C@@H](CCOCC1CC1)CN(C1CCOCC1)C2. The molecule has 1 aromatic rings. The van der Waals surface area contributed by atoms with Gasteiger partial charge in [-0.05, 0) is 56.1 Å². The van der Waals surface area contributed by atoms with Gasteiger partial charge in [-0.2, -0.15) is 0 Å². The Morgan fingerprint density at radius 3 is 2.78 bits per heavy atom. The van der Waals surface area contributed by atoms with Crippen LogP contribution >= 0.6 is 0 Å². The zero-order chi connectivity index (χ0) is 15.5. The third-order valence-corrected chi connectivity index (χ3v) is 5.66. The minimum absolute atomic E-state index is 0.695. The van der Waals surface area contributed by atoms with Crippen molar-refractivity contribution in [2.24, 2.45) is 11.8 Å². The van der Waals surface area contributed by atoms with Crippen molar-refractivity contribution in [3.8, 4) is 0 Å². The van der Waals surface area contributed by atoms with Crippen molar-refractivity contribution in [2.75, 3.05) is 33.0 Å². The molecule has 1 saturated heterocycles. The van der Waals surface area contributed by atoms with Gasteiger partial charge in [-0.3, -0.25) is 4.90 Å². The fourth-order valence-electron chi connectivity index (χ4n) is 4.01. The average molecular weight is 318 g/mol. The van der Waals surface area contributed by atoms with Crippen molar-refractivity contribution >= 4 is 0 Å². The summed E-state index contributed by atoms with van der Waals surface area (Å²) in [4.78, 5) is 2.72. The first-order valence-corrected chi connectivity index (χ1v) is 9.42. The second-order valence-corrected chi connectivity index (χ2v) is 7.60. The van der Waals surface area contributed by atoms with E-state index in [0.29, 0.717) is 12.0 Å². The number of rotatable bonds is 6. The predicted octanol–water partition coefficient (Wildman–Crippen LogP) is 2.92. The molecule has 128 valence electrons. The smallest absolute Gasteiger partial charge is 0.0494 e. The fraction of sp³-hybridized carbons (Fsp3) is 0.789. The molecule has 1 aliphatic carbocycles. The van der Waals surface area contributed by atoms with E-state index in [-0.39, 0.29) is 0 Å². The Morgan fingerprint density at radius 1 is 1.09 bits per heavy atom. The molecule has 3 aliphatic rings. The van der Waals surface area contributed by atoms with E-state index in [1.54, 1.807) is 0 Å². The Morgan fingerprint density at radius 2 is 1.96 bits per heavy atom. The molecule has 0 bridgehead atoms. The van der Waals surface area contributed by atoms with Gasteiger partial charge in [0.1, 0.15) is 0 Å². The number of nitrogens with zero attached hydrogens (tertiary/aromatic N) is 2. The van der Waals surface area contributed by atoms with Gasteiger partial charge in [-0.1, -0.05) is 0 Å². The highest BCUT2D eigenvalue weighted by atomic mass is 16.5. The summed E-state index contributed by atoms with van der Waals surface area (Å²) >= 11 is 0. The van der Waals surface area contributed by atoms with E-state index in [2.05, 4.69) is 27.8 Å². The molecule has 2 fully saturated rings. The lowest BCUT2D eigenvalue weighted by Gasteiger charge is -2.34. The van der Waals surface area contributed by atoms with Crippen molar-refractivity contribution in [1.29, 1.82) is 0 Å². The van der Waals surface area contributed by atoms with Crippen LogP contribution in [0.1, 0.15) is 37.8 Å². The number of ether oxygens (including phenoxy) is 2. The minimum atomic E-state index is 0.695. The standard InChI is InChI=1S/C19H30N2O2/c1-2-19-14-21(18-6-10-22-11-7-18)13-17(12-20(19)8-1)5-9-23-15-16-3-4-16/h1-2,8,16-18H,3-7,9-15H2/t17-/m1/s1. The Balaban J connectivity index is 1.36. The van der Waals surface area contributed by atoms with Crippen LogP contribution in [0, 0.1) is 11.8 Å². The molecule has 4 heteroatoms. The van der Waals surface area contributed by atoms with Crippen LogP contribution in [0.15, 0.2) is 18.3 Å². The van der Waals surface area contributed by atoms with Crippen LogP contribution in [0.5, 0.6) is 0 Å². The zero-order valence-corrected chi connectivity index (χ0v) is 14.2. The summed E-state index contributed by atoms with van der Waals surface area (Å²) in [6, 6.07) is 5.18. The van der Waals surface area contributed by atoms with Crippen molar-refractivity contribution in [3.63, 3.8) is 0 Å². The second kappa shape index (κ2) is 7.37. The molecule has 1 atom stereocenters. The molecular formula is C19H30N2O2. The quantitative estimate of drug-likeness (QED) is 0.755. The number of aromatic nitrogens is 1. The molecule has 1 aromatic heterocycles. The first-order chi connectivity index (χ1) is 11.4. The van der Waals surface area contributed by atoms with Crippen LogP contribution in [0.3, 0.4) is 0 Å². The summed E-state index contributed by atoms with van der Waals surface area (Å²) < 4.78 is 13.9. The minimum Gasteiger partial charge on any atom is -0.381 e. The summed E-state index contributed by atoms with van der Waals surface area (Å²) in [7, 11) is 0. The van der Waals surface area contributed by atoms with Crippen LogP contribution in [0.4, 0.5) is 0 Å². The lowest BCUT2D eigenvalue weighted by Crippen LogP contribution is -2.41. The highest BCUT2D eigenvalue weighted by Gasteiger charge is 2.28. The van der Waals surface area contributed by atoms with Crippen molar-refractivity contribution in [3.05, 3.63) is 24.0 Å². The molecule has 23 heavy (non-hydrogen) atoms. The molecule has 0 spiro atoms. The number of hydrogen-bond donors (Lipinski definition) is 0. The van der Waals surface area contributed by atoms with Gasteiger partial charge in [0.2, 0.25) is 0 Å². The lowest BCUT2D eigenvalue weighted by molar-refractivity contribution is 0.0232.